The van der Waals surface area contributed by atoms with Gasteiger partial charge in [0, 0.05) is 41.2 Å². The number of hydrogen-bond acceptors (Lipinski definition) is 4. The highest BCUT2D eigenvalue weighted by Crippen LogP contribution is 2.27. The van der Waals surface area contributed by atoms with Gasteiger partial charge in [0.15, 0.2) is 0 Å². The fourth-order valence-electron chi connectivity index (χ4n) is 2.48. The maximum Gasteiger partial charge on any atom is 0.0640 e. The average molecular weight is 300 g/mol. The lowest BCUT2D eigenvalue weighted by Crippen LogP contribution is -2.38. The highest BCUT2D eigenvalue weighted by molar-refractivity contribution is 8.06. The number of rotatable bonds is 6. The van der Waals surface area contributed by atoms with Crippen molar-refractivity contribution in [2.24, 2.45) is 5.73 Å². The van der Waals surface area contributed by atoms with Gasteiger partial charge >= 0.3 is 0 Å². The molecule has 3 nitrogen and oxygen atoms in total. The summed E-state index contributed by atoms with van der Waals surface area (Å²) < 4.78 is 2.12. The van der Waals surface area contributed by atoms with E-state index in [0.29, 0.717) is 11.3 Å². The number of nitrogens with two attached hydrogens (primary N) is 1. The Bertz CT molecular complexity index is 371. The number of nitrogens with zero attached hydrogens (tertiary/aromatic N) is 2. The van der Waals surface area contributed by atoms with Crippen molar-refractivity contribution in [3.8, 4) is 0 Å². The Kier molecular flexibility index (Phi) is 6.10. The van der Waals surface area contributed by atoms with E-state index in [1.54, 1.807) is 0 Å². The van der Waals surface area contributed by atoms with Gasteiger partial charge in [0.25, 0.3) is 0 Å². The summed E-state index contributed by atoms with van der Waals surface area (Å²) in [5.41, 5.74) is 7.50. The summed E-state index contributed by atoms with van der Waals surface area (Å²) >= 11 is 4.07. The molecule has 0 aromatic carbocycles. The standard InChI is InChI=1S/C14H25N3S2/c1-3-12(4-2)17-6-5-11(16-17)9-13(15)14-10-18-7-8-19-14/h5-6,12-14H,3-4,7-10,15H2,1-2H3. The van der Waals surface area contributed by atoms with E-state index >= 15 is 0 Å². The molecular weight excluding hydrogens is 274 g/mol. The van der Waals surface area contributed by atoms with E-state index < -0.39 is 0 Å². The zero-order chi connectivity index (χ0) is 13.7. The molecule has 19 heavy (non-hydrogen) atoms. The third-order valence-corrected chi connectivity index (χ3v) is 6.69. The number of thioether (sulfide) groups is 2. The van der Waals surface area contributed by atoms with Crippen LogP contribution in [-0.4, -0.2) is 38.3 Å². The molecule has 2 N–H and O–H groups in total. The van der Waals surface area contributed by atoms with Crippen LogP contribution in [-0.2, 0) is 6.42 Å². The molecule has 0 spiro atoms. The van der Waals surface area contributed by atoms with Crippen molar-refractivity contribution in [1.82, 2.24) is 9.78 Å². The molecule has 0 bridgehead atoms. The van der Waals surface area contributed by atoms with Gasteiger partial charge in [-0.1, -0.05) is 13.8 Å². The lowest BCUT2D eigenvalue weighted by Gasteiger charge is -2.26. The first kappa shape index (κ1) is 15.3. The molecule has 2 rings (SSSR count). The zero-order valence-electron chi connectivity index (χ0n) is 11.9. The second-order valence-corrected chi connectivity index (χ2v) is 7.61. The van der Waals surface area contributed by atoms with Crippen LogP contribution in [0.25, 0.3) is 0 Å². The number of aromatic nitrogens is 2. The highest BCUT2D eigenvalue weighted by Gasteiger charge is 2.22. The SMILES string of the molecule is CCC(CC)n1ccc(CC(N)C2CSCCS2)n1. The third kappa shape index (κ3) is 4.17. The molecule has 1 aliphatic heterocycles. The highest BCUT2D eigenvalue weighted by atomic mass is 32.2. The minimum absolute atomic E-state index is 0.239. The van der Waals surface area contributed by atoms with E-state index in [1.165, 1.54) is 17.3 Å². The van der Waals surface area contributed by atoms with Crippen molar-refractivity contribution >= 4 is 23.5 Å². The monoisotopic (exact) mass is 299 g/mol. The topological polar surface area (TPSA) is 43.8 Å². The van der Waals surface area contributed by atoms with Crippen molar-refractivity contribution in [2.45, 2.75) is 50.4 Å². The Morgan fingerprint density at radius 2 is 2.21 bits per heavy atom. The molecule has 2 heterocycles. The molecule has 0 saturated carbocycles. The second kappa shape index (κ2) is 7.60. The number of hydrogen-bond donors (Lipinski definition) is 1. The predicted molar refractivity (Wildman–Crippen MR) is 87.1 cm³/mol. The van der Waals surface area contributed by atoms with Gasteiger partial charge in [-0.3, -0.25) is 4.68 Å². The van der Waals surface area contributed by atoms with Gasteiger partial charge in [-0.25, -0.2) is 0 Å². The van der Waals surface area contributed by atoms with E-state index in [9.17, 15) is 0 Å². The van der Waals surface area contributed by atoms with Crippen LogP contribution in [0.3, 0.4) is 0 Å². The summed E-state index contributed by atoms with van der Waals surface area (Å²) in [7, 11) is 0. The molecular formula is C14H25N3S2. The molecule has 2 atom stereocenters. The van der Waals surface area contributed by atoms with Crippen LogP contribution in [0.1, 0.15) is 38.4 Å². The Morgan fingerprint density at radius 3 is 2.84 bits per heavy atom. The van der Waals surface area contributed by atoms with Crippen molar-refractivity contribution in [2.75, 3.05) is 17.3 Å². The first-order valence-corrected chi connectivity index (χ1v) is 9.43. The fraction of sp³-hybridized carbons (Fsp3) is 0.786. The minimum Gasteiger partial charge on any atom is -0.326 e. The molecule has 1 aliphatic rings. The summed E-state index contributed by atoms with van der Waals surface area (Å²) in [6.07, 6.45) is 5.30. The largest absolute Gasteiger partial charge is 0.326 e. The molecule has 1 aromatic heterocycles. The van der Waals surface area contributed by atoms with E-state index in [4.69, 9.17) is 10.8 Å². The zero-order valence-corrected chi connectivity index (χ0v) is 13.6. The molecule has 5 heteroatoms. The van der Waals surface area contributed by atoms with Crippen LogP contribution < -0.4 is 5.73 Å². The van der Waals surface area contributed by atoms with E-state index in [2.05, 4.69) is 30.8 Å². The lowest BCUT2D eigenvalue weighted by molar-refractivity contribution is 0.424. The molecule has 0 amide bonds. The molecule has 1 saturated heterocycles. The van der Waals surface area contributed by atoms with Gasteiger partial charge < -0.3 is 5.73 Å². The molecule has 1 fully saturated rings. The van der Waals surface area contributed by atoms with Crippen LogP contribution in [0.2, 0.25) is 0 Å². The Hall–Kier alpha value is -0.130. The lowest BCUT2D eigenvalue weighted by atomic mass is 10.1. The molecule has 1 aromatic rings. The fourth-order valence-corrected chi connectivity index (χ4v) is 5.30. The third-order valence-electron chi connectivity index (χ3n) is 3.74. The Balaban J connectivity index is 1.91. The van der Waals surface area contributed by atoms with Gasteiger partial charge in [-0.15, -0.1) is 0 Å². The average Bonchev–Trinajstić information content (AvgIpc) is 2.89. The van der Waals surface area contributed by atoms with Crippen LogP contribution >= 0.6 is 23.5 Å². The minimum atomic E-state index is 0.239. The van der Waals surface area contributed by atoms with Crippen molar-refractivity contribution in [3.63, 3.8) is 0 Å². The van der Waals surface area contributed by atoms with Crippen LogP contribution in [0.5, 0.6) is 0 Å². The second-order valence-electron chi connectivity index (χ2n) is 5.11. The maximum atomic E-state index is 6.35. The molecule has 0 radical (unpaired) electrons. The van der Waals surface area contributed by atoms with Gasteiger partial charge in [-0.05, 0) is 18.9 Å². The van der Waals surface area contributed by atoms with Gasteiger partial charge in [-0.2, -0.15) is 28.6 Å². The van der Waals surface area contributed by atoms with Crippen molar-refractivity contribution in [1.29, 1.82) is 0 Å². The maximum absolute atomic E-state index is 6.35. The van der Waals surface area contributed by atoms with Crippen LogP contribution in [0.4, 0.5) is 0 Å². The predicted octanol–water partition coefficient (Wildman–Crippen LogP) is 2.96. The van der Waals surface area contributed by atoms with E-state index in [0.717, 1.165) is 25.0 Å². The van der Waals surface area contributed by atoms with Gasteiger partial charge in [0.1, 0.15) is 0 Å². The molecule has 2 unspecified atom stereocenters. The summed E-state index contributed by atoms with van der Waals surface area (Å²) in [6.45, 7) is 4.44. The molecule has 108 valence electrons. The van der Waals surface area contributed by atoms with Gasteiger partial charge in [0.2, 0.25) is 0 Å². The van der Waals surface area contributed by atoms with Gasteiger partial charge in [0.05, 0.1) is 11.7 Å². The molecule has 0 aliphatic carbocycles. The van der Waals surface area contributed by atoms with E-state index in [-0.39, 0.29) is 6.04 Å². The van der Waals surface area contributed by atoms with Crippen molar-refractivity contribution in [3.05, 3.63) is 18.0 Å². The van der Waals surface area contributed by atoms with E-state index in [1.807, 2.05) is 23.5 Å². The Labute approximate surface area is 125 Å². The first-order valence-electron chi connectivity index (χ1n) is 7.23. The Morgan fingerprint density at radius 1 is 1.42 bits per heavy atom. The summed E-state index contributed by atoms with van der Waals surface area (Å²) in [5, 5.41) is 5.30. The quantitative estimate of drug-likeness (QED) is 0.877. The first-order chi connectivity index (χ1) is 9.24. The van der Waals surface area contributed by atoms with Crippen LogP contribution in [0, 0.1) is 0 Å². The summed E-state index contributed by atoms with van der Waals surface area (Å²) in [5.74, 6) is 3.71. The smallest absolute Gasteiger partial charge is 0.0640 e. The normalized spacial score (nSPS) is 21.8. The van der Waals surface area contributed by atoms with Crippen molar-refractivity contribution < 1.29 is 0 Å². The summed E-state index contributed by atoms with van der Waals surface area (Å²) in [6, 6.07) is 2.91. The van der Waals surface area contributed by atoms with Crippen LogP contribution in [0.15, 0.2) is 12.3 Å². The summed E-state index contributed by atoms with van der Waals surface area (Å²) in [4.78, 5) is 0.